The zero-order valence-electron chi connectivity index (χ0n) is 18.7. The van der Waals surface area contributed by atoms with Gasteiger partial charge in [0.15, 0.2) is 5.78 Å². The molecule has 2 atom stereocenters. The first-order valence-corrected chi connectivity index (χ1v) is 12.3. The number of benzene rings is 2. The van der Waals surface area contributed by atoms with Gasteiger partial charge in [-0.25, -0.2) is 4.39 Å². The maximum atomic E-state index is 13.7. The van der Waals surface area contributed by atoms with Gasteiger partial charge in [0.1, 0.15) is 11.9 Å². The summed E-state index contributed by atoms with van der Waals surface area (Å²) in [5, 5.41) is 14.5. The Labute approximate surface area is 205 Å². The van der Waals surface area contributed by atoms with Gasteiger partial charge in [0.2, 0.25) is 5.91 Å². The van der Waals surface area contributed by atoms with E-state index in [1.54, 1.807) is 17.0 Å². The molecule has 5 rings (SSSR count). The lowest BCUT2D eigenvalue weighted by Crippen LogP contribution is -2.38. The number of thiophene rings is 1. The number of halogens is 1. The predicted molar refractivity (Wildman–Crippen MR) is 132 cm³/mol. The molecular weight excluding hydrogens is 467 g/mol. The van der Waals surface area contributed by atoms with Crippen molar-refractivity contribution in [3.8, 4) is 0 Å². The Kier molecular flexibility index (Phi) is 6.21. The molecule has 0 fully saturated rings. The summed E-state index contributed by atoms with van der Waals surface area (Å²) in [4.78, 5) is 40.8. The van der Waals surface area contributed by atoms with E-state index in [0.717, 1.165) is 16.1 Å². The number of allylic oxidation sites excluding steroid dienone is 1. The second kappa shape index (κ2) is 9.46. The smallest absolute Gasteiger partial charge is 0.303 e. The zero-order valence-corrected chi connectivity index (χ0v) is 19.6. The first-order valence-electron chi connectivity index (χ1n) is 11.4. The molecule has 35 heavy (non-hydrogen) atoms. The number of nitrogens with one attached hydrogen (secondary N) is 1. The van der Waals surface area contributed by atoms with Crippen molar-refractivity contribution < 1.29 is 23.9 Å². The Bertz CT molecular complexity index is 1320. The maximum absolute atomic E-state index is 13.7. The van der Waals surface area contributed by atoms with Gasteiger partial charge in [-0.05, 0) is 53.6 Å². The second-order valence-electron chi connectivity index (χ2n) is 8.69. The van der Waals surface area contributed by atoms with E-state index in [9.17, 15) is 23.9 Å². The minimum atomic E-state index is -1.05. The van der Waals surface area contributed by atoms with Crippen LogP contribution in [-0.4, -0.2) is 22.8 Å². The third-order valence-corrected chi connectivity index (χ3v) is 7.39. The lowest BCUT2D eigenvalue weighted by molar-refractivity contribution is -0.138. The van der Waals surface area contributed by atoms with Gasteiger partial charge in [0, 0.05) is 29.0 Å². The van der Waals surface area contributed by atoms with Gasteiger partial charge >= 0.3 is 5.97 Å². The van der Waals surface area contributed by atoms with E-state index in [1.165, 1.54) is 23.5 Å². The molecule has 0 radical (unpaired) electrons. The summed E-state index contributed by atoms with van der Waals surface area (Å²) in [5.74, 6) is -1.95. The van der Waals surface area contributed by atoms with Crippen LogP contribution in [0.25, 0.3) is 0 Å². The molecule has 2 N–H and O–H groups in total. The summed E-state index contributed by atoms with van der Waals surface area (Å²) in [6.45, 7) is 0. The molecule has 1 aliphatic carbocycles. The number of fused-ring (bicyclic) bond motifs is 1. The van der Waals surface area contributed by atoms with Crippen LogP contribution in [0.4, 0.5) is 15.8 Å². The van der Waals surface area contributed by atoms with Crippen LogP contribution in [0.3, 0.4) is 0 Å². The third-order valence-electron chi connectivity index (χ3n) is 6.46. The number of ketones is 1. The summed E-state index contributed by atoms with van der Waals surface area (Å²) >= 11 is 1.45. The van der Waals surface area contributed by atoms with Gasteiger partial charge in [-0.2, -0.15) is 0 Å². The topological polar surface area (TPSA) is 86.7 Å². The molecule has 1 aliphatic heterocycles. The number of carboxylic acid groups (broad SMARTS) is 1. The van der Waals surface area contributed by atoms with E-state index in [1.807, 2.05) is 41.8 Å². The SMILES string of the molecule is O=C(O)CCC(=O)N1c2ccccc2NC2=C(C(=O)CC(c3ccc(F)cc3)C2)C1c1cccs1. The number of amides is 1. The molecule has 0 saturated heterocycles. The number of para-hydroxylation sites is 2. The van der Waals surface area contributed by atoms with Crippen molar-refractivity contribution in [1.82, 2.24) is 0 Å². The molecule has 1 aromatic heterocycles. The Hall–Kier alpha value is -3.78. The molecule has 1 amide bonds. The molecule has 178 valence electrons. The minimum Gasteiger partial charge on any atom is -0.481 e. The molecule has 8 heteroatoms. The number of nitrogens with zero attached hydrogens (tertiary/aromatic N) is 1. The largest absolute Gasteiger partial charge is 0.481 e. The fourth-order valence-electron chi connectivity index (χ4n) is 4.89. The van der Waals surface area contributed by atoms with Gasteiger partial charge in [-0.1, -0.05) is 30.3 Å². The highest BCUT2D eigenvalue weighted by Crippen LogP contribution is 2.48. The van der Waals surface area contributed by atoms with Crippen LogP contribution in [0, 0.1) is 5.82 Å². The highest BCUT2D eigenvalue weighted by Gasteiger charge is 2.41. The van der Waals surface area contributed by atoms with Gasteiger partial charge in [-0.3, -0.25) is 19.3 Å². The summed E-state index contributed by atoms with van der Waals surface area (Å²) in [7, 11) is 0. The zero-order chi connectivity index (χ0) is 24.5. The number of anilines is 2. The maximum Gasteiger partial charge on any atom is 0.303 e. The summed E-state index contributed by atoms with van der Waals surface area (Å²) in [6, 6.07) is 16.6. The molecule has 0 bridgehead atoms. The fraction of sp³-hybridized carbons (Fsp3) is 0.222. The van der Waals surface area contributed by atoms with E-state index < -0.39 is 12.0 Å². The van der Waals surface area contributed by atoms with Crippen LogP contribution >= 0.6 is 11.3 Å². The highest BCUT2D eigenvalue weighted by atomic mass is 32.1. The molecular formula is C27H23FN2O4S. The molecule has 2 unspecified atom stereocenters. The van der Waals surface area contributed by atoms with E-state index in [-0.39, 0.29) is 42.7 Å². The molecule has 2 aliphatic rings. The Morgan fingerprint density at radius 3 is 2.51 bits per heavy atom. The van der Waals surface area contributed by atoms with Crippen LogP contribution in [0.5, 0.6) is 0 Å². The molecule has 6 nitrogen and oxygen atoms in total. The van der Waals surface area contributed by atoms with E-state index in [4.69, 9.17) is 0 Å². The Balaban J connectivity index is 1.64. The van der Waals surface area contributed by atoms with Crippen LogP contribution in [-0.2, 0) is 14.4 Å². The lowest BCUT2D eigenvalue weighted by atomic mass is 9.79. The number of carbonyl (C=O) groups excluding carboxylic acids is 2. The number of hydrogen-bond donors (Lipinski definition) is 2. The third kappa shape index (κ3) is 4.49. The van der Waals surface area contributed by atoms with Crippen molar-refractivity contribution in [2.75, 3.05) is 10.2 Å². The second-order valence-corrected chi connectivity index (χ2v) is 9.67. The molecule has 0 spiro atoms. The number of Topliss-reactive ketones (excluding diaryl/α,β-unsaturated/α-hetero) is 1. The summed E-state index contributed by atoms with van der Waals surface area (Å²) in [6.07, 6.45) is 0.288. The van der Waals surface area contributed by atoms with Crippen LogP contribution in [0.2, 0.25) is 0 Å². The van der Waals surface area contributed by atoms with Gasteiger partial charge < -0.3 is 10.4 Å². The number of carbonyl (C=O) groups is 3. The van der Waals surface area contributed by atoms with Crippen LogP contribution in [0.15, 0.2) is 77.3 Å². The predicted octanol–water partition coefficient (Wildman–Crippen LogP) is 5.65. The number of carboxylic acids is 1. The number of aliphatic carboxylic acids is 1. The van der Waals surface area contributed by atoms with E-state index in [0.29, 0.717) is 23.4 Å². The van der Waals surface area contributed by atoms with Crippen molar-refractivity contribution in [2.45, 2.75) is 37.6 Å². The Morgan fingerprint density at radius 1 is 1.03 bits per heavy atom. The fourth-order valence-corrected chi connectivity index (χ4v) is 5.71. The number of hydrogen-bond acceptors (Lipinski definition) is 5. The van der Waals surface area contributed by atoms with Crippen molar-refractivity contribution in [2.24, 2.45) is 0 Å². The number of rotatable bonds is 5. The summed E-state index contributed by atoms with van der Waals surface area (Å²) in [5.41, 5.74) is 3.41. The first kappa shape index (κ1) is 23.0. The average Bonchev–Trinajstić information content (AvgIpc) is 3.32. The summed E-state index contributed by atoms with van der Waals surface area (Å²) < 4.78 is 13.5. The van der Waals surface area contributed by atoms with Crippen molar-refractivity contribution >= 4 is 40.4 Å². The normalized spacial score (nSPS) is 19.5. The van der Waals surface area contributed by atoms with E-state index >= 15 is 0 Å². The van der Waals surface area contributed by atoms with Gasteiger partial charge in [0.25, 0.3) is 0 Å². The standard InChI is InChI=1S/C27H23FN2O4S/c28-18-9-7-16(8-10-18)17-14-20-26(22(31)15-17)27(23-6-3-13-35-23)30(24(32)11-12-25(33)34)21-5-2-1-4-19(21)29-20/h1-10,13,17,27,29H,11-12,14-15H2,(H,33,34). The average molecular weight is 491 g/mol. The monoisotopic (exact) mass is 490 g/mol. The van der Waals surface area contributed by atoms with Crippen molar-refractivity contribution in [3.05, 3.63) is 93.6 Å². The van der Waals surface area contributed by atoms with Gasteiger partial charge in [-0.15, -0.1) is 11.3 Å². The molecule has 2 heterocycles. The van der Waals surface area contributed by atoms with Gasteiger partial charge in [0.05, 0.1) is 17.8 Å². The molecule has 2 aromatic carbocycles. The Morgan fingerprint density at radius 2 is 1.80 bits per heavy atom. The van der Waals surface area contributed by atoms with Crippen LogP contribution < -0.4 is 10.2 Å². The minimum absolute atomic E-state index is 0.0877. The van der Waals surface area contributed by atoms with E-state index in [2.05, 4.69) is 5.32 Å². The quantitative estimate of drug-likeness (QED) is 0.483. The highest BCUT2D eigenvalue weighted by molar-refractivity contribution is 7.10. The lowest BCUT2D eigenvalue weighted by Gasteiger charge is -2.34. The first-order chi connectivity index (χ1) is 16.9. The van der Waals surface area contributed by atoms with Crippen LogP contribution in [0.1, 0.15) is 48.1 Å². The molecule has 3 aromatic rings. The van der Waals surface area contributed by atoms with Crippen molar-refractivity contribution in [3.63, 3.8) is 0 Å². The van der Waals surface area contributed by atoms with Crippen molar-refractivity contribution in [1.29, 1.82) is 0 Å². The molecule has 0 saturated carbocycles.